The molecule has 1 saturated carbocycles. The molecular weight excluding hydrogens is 295 g/mol. The third-order valence-corrected chi connectivity index (χ3v) is 5.17. The third-order valence-electron chi connectivity index (χ3n) is 3.53. The first-order valence-electron chi connectivity index (χ1n) is 6.29. The molecule has 1 aliphatic carbocycles. The molecule has 2 rings (SSSR count). The molecule has 2 N–H and O–H groups in total. The van der Waals surface area contributed by atoms with Crippen LogP contribution in [0.4, 0.5) is 13.2 Å². The highest BCUT2D eigenvalue weighted by Gasteiger charge is 2.42. The summed E-state index contributed by atoms with van der Waals surface area (Å²) in [5.74, 6) is -1.44. The summed E-state index contributed by atoms with van der Waals surface area (Å²) in [6.45, 7) is 1.54. The van der Waals surface area contributed by atoms with Gasteiger partial charge in [-0.1, -0.05) is 6.42 Å². The van der Waals surface area contributed by atoms with Crippen molar-refractivity contribution < 1.29 is 21.6 Å². The number of halogens is 3. The summed E-state index contributed by atoms with van der Waals surface area (Å²) >= 11 is 0. The first-order valence-corrected chi connectivity index (χ1v) is 7.77. The lowest BCUT2D eigenvalue weighted by atomic mass is 9.86. The number of nitrogens with one attached hydrogen (secondary N) is 2. The van der Waals surface area contributed by atoms with Gasteiger partial charge in [0, 0.05) is 6.04 Å². The Morgan fingerprint density at radius 3 is 2.65 bits per heavy atom. The highest BCUT2D eigenvalue weighted by Crippen LogP contribution is 2.37. The highest BCUT2D eigenvalue weighted by molar-refractivity contribution is 7.89. The van der Waals surface area contributed by atoms with Crippen molar-refractivity contribution in [3.05, 3.63) is 11.9 Å². The Kier molecular flexibility index (Phi) is 4.10. The average Bonchev–Trinajstić information content (AvgIpc) is 2.75. The predicted octanol–water partition coefficient (Wildman–Crippen LogP) is 2.12. The monoisotopic (exact) mass is 311 g/mol. The standard InChI is InChI=1S/C11H16F3N3O2S/c1-7-10(6-15-16-7)20(18,19)17-9-4-2-3-8(5-9)11(12,13)14/h6,8-9,17H,2-5H2,1H3,(H,15,16). The highest BCUT2D eigenvalue weighted by atomic mass is 32.2. The third kappa shape index (κ3) is 3.32. The van der Waals surface area contributed by atoms with Crippen molar-refractivity contribution in [1.82, 2.24) is 14.9 Å². The topological polar surface area (TPSA) is 74.8 Å². The van der Waals surface area contributed by atoms with E-state index in [1.807, 2.05) is 0 Å². The summed E-state index contributed by atoms with van der Waals surface area (Å²) in [4.78, 5) is -0.0216. The Morgan fingerprint density at radius 2 is 2.10 bits per heavy atom. The molecular formula is C11H16F3N3O2S. The van der Waals surface area contributed by atoms with Gasteiger partial charge in [0.2, 0.25) is 10.0 Å². The molecule has 0 aromatic carbocycles. The molecule has 1 aromatic rings. The molecule has 1 aromatic heterocycles. The van der Waals surface area contributed by atoms with Crippen LogP contribution in [0.5, 0.6) is 0 Å². The minimum absolute atomic E-state index is 0.0216. The molecule has 1 fully saturated rings. The van der Waals surface area contributed by atoms with Crippen LogP contribution in [-0.2, 0) is 10.0 Å². The van der Waals surface area contributed by atoms with E-state index in [2.05, 4.69) is 14.9 Å². The second-order valence-corrected chi connectivity index (χ2v) is 6.77. The molecule has 0 radical (unpaired) electrons. The van der Waals surface area contributed by atoms with Crippen LogP contribution >= 0.6 is 0 Å². The fourth-order valence-electron chi connectivity index (χ4n) is 2.49. The van der Waals surface area contributed by atoms with Crippen LogP contribution < -0.4 is 4.72 Å². The van der Waals surface area contributed by atoms with E-state index in [0.29, 0.717) is 18.5 Å². The second-order valence-electron chi connectivity index (χ2n) is 5.08. The fraction of sp³-hybridized carbons (Fsp3) is 0.727. The van der Waals surface area contributed by atoms with Crippen LogP contribution in [0.3, 0.4) is 0 Å². The van der Waals surface area contributed by atoms with Gasteiger partial charge in [0.1, 0.15) is 4.90 Å². The minimum Gasteiger partial charge on any atom is -0.281 e. The predicted molar refractivity (Wildman–Crippen MR) is 65.4 cm³/mol. The molecule has 2 unspecified atom stereocenters. The van der Waals surface area contributed by atoms with Crippen molar-refractivity contribution in [3.8, 4) is 0 Å². The lowest BCUT2D eigenvalue weighted by Gasteiger charge is -2.30. The molecule has 1 heterocycles. The average molecular weight is 311 g/mol. The normalized spacial score (nSPS) is 24.8. The molecule has 0 amide bonds. The van der Waals surface area contributed by atoms with E-state index < -0.39 is 28.2 Å². The van der Waals surface area contributed by atoms with E-state index in [1.54, 1.807) is 6.92 Å². The van der Waals surface area contributed by atoms with Crippen LogP contribution in [0, 0.1) is 12.8 Å². The number of rotatable bonds is 3. The van der Waals surface area contributed by atoms with E-state index in [9.17, 15) is 21.6 Å². The summed E-state index contributed by atoms with van der Waals surface area (Å²) in [5.41, 5.74) is 0.362. The number of H-pyrrole nitrogens is 1. The maximum Gasteiger partial charge on any atom is 0.391 e. The van der Waals surface area contributed by atoms with E-state index in [0.717, 1.165) is 6.20 Å². The quantitative estimate of drug-likeness (QED) is 0.898. The zero-order chi connectivity index (χ0) is 15.0. The minimum atomic E-state index is -4.27. The van der Waals surface area contributed by atoms with Crippen LogP contribution in [0.2, 0.25) is 0 Å². The first-order chi connectivity index (χ1) is 9.20. The van der Waals surface area contributed by atoms with Gasteiger partial charge in [-0.05, 0) is 26.2 Å². The number of aromatic nitrogens is 2. The summed E-state index contributed by atoms with van der Waals surface area (Å²) in [5, 5.41) is 6.11. The molecule has 5 nitrogen and oxygen atoms in total. The van der Waals surface area contributed by atoms with Gasteiger partial charge in [-0.3, -0.25) is 5.10 Å². The Morgan fingerprint density at radius 1 is 1.40 bits per heavy atom. The zero-order valence-electron chi connectivity index (χ0n) is 10.9. The fourth-order valence-corrected chi connectivity index (χ4v) is 3.91. The maximum atomic E-state index is 12.7. The number of alkyl halides is 3. The number of aromatic amines is 1. The van der Waals surface area contributed by atoms with Crippen molar-refractivity contribution in [2.24, 2.45) is 5.92 Å². The summed E-state index contributed by atoms with van der Waals surface area (Å²) in [6, 6.07) is -0.685. The molecule has 114 valence electrons. The molecule has 0 spiro atoms. The van der Waals surface area contributed by atoms with Gasteiger partial charge < -0.3 is 0 Å². The Bertz CT molecular complexity index is 568. The van der Waals surface area contributed by atoms with Gasteiger partial charge in [-0.25, -0.2) is 13.1 Å². The zero-order valence-corrected chi connectivity index (χ0v) is 11.7. The molecule has 2 atom stereocenters. The lowest BCUT2D eigenvalue weighted by molar-refractivity contribution is -0.183. The maximum absolute atomic E-state index is 12.7. The van der Waals surface area contributed by atoms with Gasteiger partial charge in [-0.15, -0.1) is 0 Å². The van der Waals surface area contributed by atoms with Crippen LogP contribution in [-0.4, -0.2) is 30.8 Å². The molecule has 1 aliphatic rings. The second kappa shape index (κ2) is 5.36. The number of nitrogens with zero attached hydrogens (tertiary/aromatic N) is 1. The summed E-state index contributed by atoms with van der Waals surface area (Å²) < 4.78 is 64.6. The van der Waals surface area contributed by atoms with E-state index in [-0.39, 0.29) is 17.7 Å². The van der Waals surface area contributed by atoms with Gasteiger partial charge >= 0.3 is 6.18 Å². The summed E-state index contributed by atoms with van der Waals surface area (Å²) in [6.07, 6.45) is -2.48. The smallest absolute Gasteiger partial charge is 0.281 e. The first kappa shape index (κ1) is 15.3. The molecule has 0 bridgehead atoms. The molecule has 20 heavy (non-hydrogen) atoms. The van der Waals surface area contributed by atoms with Gasteiger partial charge in [0.25, 0.3) is 0 Å². The Hall–Kier alpha value is -1.09. The van der Waals surface area contributed by atoms with Crippen molar-refractivity contribution in [3.63, 3.8) is 0 Å². The van der Waals surface area contributed by atoms with Crippen molar-refractivity contribution in [1.29, 1.82) is 0 Å². The number of hydrogen-bond donors (Lipinski definition) is 2. The molecule has 9 heteroatoms. The SMILES string of the molecule is Cc1[nH]ncc1S(=O)(=O)NC1CCCC(C(F)(F)F)C1. The van der Waals surface area contributed by atoms with Crippen LogP contribution in [0.15, 0.2) is 11.1 Å². The molecule has 0 saturated heterocycles. The van der Waals surface area contributed by atoms with Gasteiger partial charge in [0.15, 0.2) is 0 Å². The van der Waals surface area contributed by atoms with Crippen molar-refractivity contribution in [2.45, 2.75) is 49.7 Å². The van der Waals surface area contributed by atoms with Gasteiger partial charge in [-0.2, -0.15) is 18.3 Å². The van der Waals surface area contributed by atoms with Crippen LogP contribution in [0.25, 0.3) is 0 Å². The number of sulfonamides is 1. The summed E-state index contributed by atoms with van der Waals surface area (Å²) in [7, 11) is -3.83. The van der Waals surface area contributed by atoms with Crippen molar-refractivity contribution >= 4 is 10.0 Å². The van der Waals surface area contributed by atoms with Crippen molar-refractivity contribution in [2.75, 3.05) is 0 Å². The lowest BCUT2D eigenvalue weighted by Crippen LogP contribution is -2.41. The van der Waals surface area contributed by atoms with Crippen LogP contribution in [0.1, 0.15) is 31.4 Å². The Labute approximate surface area is 115 Å². The van der Waals surface area contributed by atoms with E-state index >= 15 is 0 Å². The van der Waals surface area contributed by atoms with E-state index in [4.69, 9.17) is 0 Å². The number of aryl methyl sites for hydroxylation is 1. The Balaban J connectivity index is 2.08. The largest absolute Gasteiger partial charge is 0.391 e. The molecule has 0 aliphatic heterocycles. The number of hydrogen-bond acceptors (Lipinski definition) is 3. The van der Waals surface area contributed by atoms with Gasteiger partial charge in [0.05, 0.1) is 17.8 Å². The van der Waals surface area contributed by atoms with E-state index in [1.165, 1.54) is 0 Å².